The van der Waals surface area contributed by atoms with Crippen LogP contribution in [0.15, 0.2) is 60.7 Å². The van der Waals surface area contributed by atoms with Crippen molar-refractivity contribution in [3.05, 3.63) is 71.8 Å². The first-order chi connectivity index (χ1) is 16.6. The van der Waals surface area contributed by atoms with Crippen molar-refractivity contribution in [3.8, 4) is 11.4 Å². The molecular weight excluding hydrogens is 464 g/mol. The molecule has 6 nitrogen and oxygen atoms in total. The number of carbonyl (C=O) groups excluding carboxylic acids is 2. The molecule has 174 valence electrons. The molecule has 2 amide bonds. The number of carbonyl (C=O) groups is 2. The minimum atomic E-state index is -0.148. The number of aromatic nitrogens is 2. The molecule has 8 heteroatoms. The van der Waals surface area contributed by atoms with Crippen molar-refractivity contribution in [1.29, 1.82) is 0 Å². The number of hydrogen-bond donors (Lipinski definition) is 2. The molecule has 2 heterocycles. The van der Waals surface area contributed by atoms with E-state index in [1.807, 2.05) is 61.0 Å². The Bertz CT molecular complexity index is 1240. The van der Waals surface area contributed by atoms with Gasteiger partial charge in [0.05, 0.1) is 33.5 Å². The molecule has 0 saturated heterocycles. The van der Waals surface area contributed by atoms with E-state index < -0.39 is 0 Å². The summed E-state index contributed by atoms with van der Waals surface area (Å²) in [4.78, 5) is 35.6. The number of amides is 2. The molecular formula is C26H26N4O2S2. The molecule has 0 spiro atoms. The number of benzene rings is 2. The molecule has 34 heavy (non-hydrogen) atoms. The molecule has 2 aromatic heterocycles. The zero-order valence-electron chi connectivity index (χ0n) is 19.1. The van der Waals surface area contributed by atoms with Crippen LogP contribution in [0.25, 0.3) is 33.2 Å². The van der Waals surface area contributed by atoms with E-state index in [-0.39, 0.29) is 11.8 Å². The lowest BCUT2D eigenvalue weighted by Gasteiger charge is -2.12. The number of nitrogens with one attached hydrogen (secondary N) is 2. The molecule has 0 saturated carbocycles. The number of nitrogens with zero attached hydrogens (tertiary/aromatic N) is 2. The zero-order valence-corrected chi connectivity index (χ0v) is 20.8. The summed E-state index contributed by atoms with van der Waals surface area (Å²) >= 11 is 3.36. The fourth-order valence-corrected chi connectivity index (χ4v) is 4.33. The molecule has 2 aromatic carbocycles. The molecule has 0 fully saturated rings. The van der Waals surface area contributed by atoms with Crippen LogP contribution in [0.3, 0.4) is 0 Å². The second-order valence-electron chi connectivity index (χ2n) is 7.64. The van der Waals surface area contributed by atoms with Gasteiger partial charge in [-0.1, -0.05) is 36.4 Å². The van der Waals surface area contributed by atoms with Crippen molar-refractivity contribution < 1.29 is 9.59 Å². The molecule has 0 radical (unpaired) electrons. The topological polar surface area (TPSA) is 84.0 Å². The first-order valence-electron chi connectivity index (χ1n) is 11.0. The Morgan fingerprint density at radius 1 is 0.706 bits per heavy atom. The van der Waals surface area contributed by atoms with E-state index in [0.29, 0.717) is 46.6 Å². The van der Waals surface area contributed by atoms with Crippen molar-refractivity contribution in [2.45, 2.75) is 0 Å². The van der Waals surface area contributed by atoms with Crippen molar-refractivity contribution in [3.63, 3.8) is 0 Å². The fourth-order valence-electron chi connectivity index (χ4n) is 3.71. The van der Waals surface area contributed by atoms with Crippen molar-refractivity contribution in [2.75, 3.05) is 37.1 Å². The van der Waals surface area contributed by atoms with Gasteiger partial charge in [-0.05, 0) is 36.8 Å². The van der Waals surface area contributed by atoms with E-state index in [1.54, 1.807) is 35.7 Å². The molecule has 0 aliphatic heterocycles. The van der Waals surface area contributed by atoms with Crippen LogP contribution < -0.4 is 10.6 Å². The van der Waals surface area contributed by atoms with Gasteiger partial charge in [0, 0.05) is 35.4 Å². The summed E-state index contributed by atoms with van der Waals surface area (Å²) in [6.45, 7) is 1.17. The Balaban J connectivity index is 1.82. The number of thioether (sulfide) groups is 2. The number of fused-ring (bicyclic) bond motifs is 2. The Hall–Kier alpha value is -3.10. The number of para-hydroxylation sites is 2. The predicted octanol–water partition coefficient (Wildman–Crippen LogP) is 4.64. The van der Waals surface area contributed by atoms with E-state index in [2.05, 4.69) is 10.6 Å². The Labute approximate surface area is 207 Å². The highest BCUT2D eigenvalue weighted by atomic mass is 32.2. The van der Waals surface area contributed by atoms with Crippen molar-refractivity contribution in [2.24, 2.45) is 0 Å². The summed E-state index contributed by atoms with van der Waals surface area (Å²) < 4.78 is 0. The van der Waals surface area contributed by atoms with Gasteiger partial charge in [0.15, 0.2) is 0 Å². The van der Waals surface area contributed by atoms with Crippen LogP contribution in [0.2, 0.25) is 0 Å². The molecule has 0 aliphatic rings. The van der Waals surface area contributed by atoms with Crippen LogP contribution in [0.4, 0.5) is 0 Å². The highest BCUT2D eigenvalue weighted by molar-refractivity contribution is 7.98. The maximum absolute atomic E-state index is 13.0. The first kappa shape index (κ1) is 24.0. The van der Waals surface area contributed by atoms with E-state index in [4.69, 9.17) is 9.97 Å². The normalized spacial score (nSPS) is 11.0. The number of rotatable bonds is 9. The third-order valence-electron chi connectivity index (χ3n) is 5.37. The Morgan fingerprint density at radius 3 is 1.53 bits per heavy atom. The van der Waals surface area contributed by atoms with Gasteiger partial charge in [-0.25, -0.2) is 9.97 Å². The standard InChI is InChI=1S/C26H26N4O2S2/c1-33-13-11-27-25(31)19-15-23(29-21-9-5-3-7-17(19)21)24-16-20(26(32)28-12-14-34-2)18-8-4-6-10-22(18)30-24/h3-10,15-16H,11-14H2,1-2H3,(H,27,31)(H,28,32). The quantitative estimate of drug-likeness (QED) is 0.333. The summed E-state index contributed by atoms with van der Waals surface area (Å²) in [5.74, 6) is 1.38. The molecule has 0 unspecified atom stereocenters. The molecule has 0 aliphatic carbocycles. The lowest BCUT2D eigenvalue weighted by Crippen LogP contribution is -2.26. The highest BCUT2D eigenvalue weighted by Gasteiger charge is 2.18. The molecule has 4 rings (SSSR count). The van der Waals surface area contributed by atoms with E-state index in [9.17, 15) is 9.59 Å². The Morgan fingerprint density at radius 2 is 1.12 bits per heavy atom. The zero-order chi connectivity index (χ0) is 23.9. The fraction of sp³-hybridized carbons (Fsp3) is 0.231. The van der Waals surface area contributed by atoms with Crippen molar-refractivity contribution >= 4 is 57.1 Å². The van der Waals surface area contributed by atoms with E-state index >= 15 is 0 Å². The maximum Gasteiger partial charge on any atom is 0.252 e. The van der Waals surface area contributed by atoms with Gasteiger partial charge in [-0.2, -0.15) is 23.5 Å². The lowest BCUT2D eigenvalue weighted by molar-refractivity contribution is 0.0949. The van der Waals surface area contributed by atoms with Gasteiger partial charge in [0.2, 0.25) is 0 Å². The van der Waals surface area contributed by atoms with Gasteiger partial charge in [0.1, 0.15) is 0 Å². The SMILES string of the molecule is CSCCNC(=O)c1cc(-c2cc(C(=O)NCCSC)c3ccccc3n2)nc2ccccc12. The summed E-state index contributed by atoms with van der Waals surface area (Å²) in [6, 6.07) is 18.7. The van der Waals surface area contributed by atoms with E-state index in [1.165, 1.54) is 0 Å². The second kappa shape index (κ2) is 11.4. The van der Waals surface area contributed by atoms with E-state index in [0.717, 1.165) is 22.3 Å². The summed E-state index contributed by atoms with van der Waals surface area (Å²) in [7, 11) is 0. The Kier molecular flexibility index (Phi) is 8.03. The smallest absolute Gasteiger partial charge is 0.252 e. The highest BCUT2D eigenvalue weighted by Crippen LogP contribution is 2.27. The first-order valence-corrected chi connectivity index (χ1v) is 13.8. The number of pyridine rings is 2. The molecule has 0 bridgehead atoms. The molecule has 4 aromatic rings. The average molecular weight is 491 g/mol. The van der Waals surface area contributed by atoms with Crippen LogP contribution in [0.1, 0.15) is 20.7 Å². The van der Waals surface area contributed by atoms with Gasteiger partial charge in [-0.3, -0.25) is 9.59 Å². The third-order valence-corrected chi connectivity index (χ3v) is 6.59. The predicted molar refractivity (Wildman–Crippen MR) is 144 cm³/mol. The minimum absolute atomic E-state index is 0.148. The third kappa shape index (κ3) is 5.34. The average Bonchev–Trinajstić information content (AvgIpc) is 2.87. The van der Waals surface area contributed by atoms with Gasteiger partial charge in [0.25, 0.3) is 11.8 Å². The minimum Gasteiger partial charge on any atom is -0.351 e. The van der Waals surface area contributed by atoms with Gasteiger partial charge < -0.3 is 10.6 Å². The van der Waals surface area contributed by atoms with Gasteiger partial charge >= 0.3 is 0 Å². The summed E-state index contributed by atoms with van der Waals surface area (Å²) in [6.07, 6.45) is 4.01. The van der Waals surface area contributed by atoms with Crippen LogP contribution in [0.5, 0.6) is 0 Å². The molecule has 2 N–H and O–H groups in total. The summed E-state index contributed by atoms with van der Waals surface area (Å²) in [5, 5.41) is 7.53. The maximum atomic E-state index is 13.0. The summed E-state index contributed by atoms with van der Waals surface area (Å²) in [5.41, 5.74) is 3.60. The van der Waals surface area contributed by atoms with Crippen LogP contribution in [-0.4, -0.2) is 58.9 Å². The lowest BCUT2D eigenvalue weighted by atomic mass is 10.0. The number of hydrogen-bond acceptors (Lipinski definition) is 6. The second-order valence-corrected chi connectivity index (χ2v) is 9.61. The van der Waals surface area contributed by atoms with Crippen LogP contribution in [-0.2, 0) is 0 Å². The van der Waals surface area contributed by atoms with Crippen molar-refractivity contribution in [1.82, 2.24) is 20.6 Å². The molecule has 0 atom stereocenters. The largest absolute Gasteiger partial charge is 0.351 e. The van der Waals surface area contributed by atoms with Crippen LogP contribution in [0, 0.1) is 0 Å². The monoisotopic (exact) mass is 490 g/mol. The van der Waals surface area contributed by atoms with Crippen LogP contribution >= 0.6 is 23.5 Å². The van der Waals surface area contributed by atoms with Gasteiger partial charge in [-0.15, -0.1) is 0 Å².